The summed E-state index contributed by atoms with van der Waals surface area (Å²) in [6.07, 6.45) is 3.74. The van der Waals surface area contributed by atoms with Crippen molar-refractivity contribution in [3.63, 3.8) is 0 Å². The fourth-order valence-electron chi connectivity index (χ4n) is 1.55. The number of hydrogen-bond donors (Lipinski definition) is 1. The average molecular weight is 275 g/mol. The lowest BCUT2D eigenvalue weighted by molar-refractivity contribution is 0.136. The van der Waals surface area contributed by atoms with Crippen molar-refractivity contribution in [3.05, 3.63) is 25.3 Å². The third kappa shape index (κ3) is 8.78. The van der Waals surface area contributed by atoms with Crippen LogP contribution in [-0.4, -0.2) is 55.1 Å². The van der Waals surface area contributed by atoms with Crippen LogP contribution < -0.4 is 0 Å². The van der Waals surface area contributed by atoms with E-state index in [0.29, 0.717) is 25.9 Å². The van der Waals surface area contributed by atoms with Crippen molar-refractivity contribution in [2.75, 3.05) is 39.0 Å². The highest BCUT2D eigenvalue weighted by Gasteiger charge is 2.17. The smallest absolute Gasteiger partial charge is 0.173 e. The summed E-state index contributed by atoms with van der Waals surface area (Å²) in [5.74, 6) is 0. The van der Waals surface area contributed by atoms with Crippen molar-refractivity contribution < 1.29 is 14.2 Å². The van der Waals surface area contributed by atoms with Crippen LogP contribution in [0.5, 0.6) is 0 Å². The van der Waals surface area contributed by atoms with E-state index in [9.17, 15) is 5.11 Å². The van der Waals surface area contributed by atoms with Gasteiger partial charge < -0.3 is 14.2 Å². The van der Waals surface area contributed by atoms with Crippen molar-refractivity contribution in [3.8, 4) is 0 Å². The van der Waals surface area contributed by atoms with E-state index in [2.05, 4.69) is 18.1 Å². The van der Waals surface area contributed by atoms with Crippen LogP contribution >= 0.6 is 8.38 Å². The van der Waals surface area contributed by atoms with Crippen molar-refractivity contribution in [1.29, 1.82) is 0 Å². The molecule has 0 rings (SSSR count). The number of aliphatic hydroxyl groups is 1. The highest BCUT2D eigenvalue weighted by molar-refractivity contribution is 7.47. The van der Waals surface area contributed by atoms with Gasteiger partial charge in [-0.05, 0) is 13.8 Å². The van der Waals surface area contributed by atoms with E-state index < -0.39 is 14.5 Å². The SMILES string of the molecule is C=CCN(CC=C)CC(O)CP(OCC)OCC. The highest BCUT2D eigenvalue weighted by atomic mass is 31.2. The van der Waals surface area contributed by atoms with Gasteiger partial charge in [0.25, 0.3) is 0 Å². The van der Waals surface area contributed by atoms with Crippen LogP contribution in [0.2, 0.25) is 0 Å². The minimum Gasteiger partial charge on any atom is -0.391 e. The zero-order valence-electron chi connectivity index (χ0n) is 11.5. The summed E-state index contributed by atoms with van der Waals surface area (Å²) in [5.41, 5.74) is 0. The van der Waals surface area contributed by atoms with Gasteiger partial charge >= 0.3 is 0 Å². The van der Waals surface area contributed by atoms with Crippen molar-refractivity contribution in [2.45, 2.75) is 20.0 Å². The quantitative estimate of drug-likeness (QED) is 0.439. The van der Waals surface area contributed by atoms with Crippen LogP contribution in [0.1, 0.15) is 13.8 Å². The largest absolute Gasteiger partial charge is 0.391 e. The molecule has 0 aromatic heterocycles. The predicted octanol–water partition coefficient (Wildman–Crippen LogP) is 2.41. The second-order valence-corrected chi connectivity index (χ2v) is 5.35. The first-order chi connectivity index (χ1) is 8.67. The molecule has 1 atom stereocenters. The zero-order valence-corrected chi connectivity index (χ0v) is 12.4. The van der Waals surface area contributed by atoms with Crippen molar-refractivity contribution in [2.24, 2.45) is 0 Å². The van der Waals surface area contributed by atoms with Crippen LogP contribution in [0.4, 0.5) is 0 Å². The van der Waals surface area contributed by atoms with Gasteiger partial charge in [-0.3, -0.25) is 4.90 Å². The summed E-state index contributed by atoms with van der Waals surface area (Å²) in [6, 6.07) is 0. The fraction of sp³-hybridized carbons (Fsp3) is 0.692. The summed E-state index contributed by atoms with van der Waals surface area (Å²) < 4.78 is 11.0. The maximum atomic E-state index is 10.0. The van der Waals surface area contributed by atoms with E-state index in [-0.39, 0.29) is 0 Å². The standard InChI is InChI=1S/C13H26NO3P/c1-5-9-14(10-6-2)11-13(15)12-18(16-7-3)17-8-4/h5-6,13,15H,1-2,7-12H2,3-4H3. The van der Waals surface area contributed by atoms with Gasteiger partial charge in [-0.15, -0.1) is 13.2 Å². The van der Waals surface area contributed by atoms with Gasteiger partial charge in [-0.1, -0.05) is 12.2 Å². The lowest BCUT2D eigenvalue weighted by Gasteiger charge is -2.24. The molecule has 0 heterocycles. The summed E-state index contributed by atoms with van der Waals surface area (Å²) in [5, 5.41) is 10.0. The highest BCUT2D eigenvalue weighted by Crippen LogP contribution is 2.38. The maximum absolute atomic E-state index is 10.0. The molecule has 0 aromatic carbocycles. The maximum Gasteiger partial charge on any atom is 0.173 e. The fourth-order valence-corrected chi connectivity index (χ4v) is 2.87. The lowest BCUT2D eigenvalue weighted by Crippen LogP contribution is -2.34. The van der Waals surface area contributed by atoms with Crippen LogP contribution in [0, 0.1) is 0 Å². The number of hydrogen-bond acceptors (Lipinski definition) is 4. The second-order valence-electron chi connectivity index (χ2n) is 3.80. The second kappa shape index (κ2) is 11.8. The Morgan fingerprint density at radius 2 is 1.67 bits per heavy atom. The molecule has 18 heavy (non-hydrogen) atoms. The van der Waals surface area contributed by atoms with Gasteiger partial charge in [0.15, 0.2) is 8.38 Å². The Morgan fingerprint density at radius 1 is 1.17 bits per heavy atom. The zero-order chi connectivity index (χ0) is 13.8. The average Bonchev–Trinajstić information content (AvgIpc) is 2.30. The first-order valence-electron chi connectivity index (χ1n) is 6.33. The minimum atomic E-state index is -0.978. The van der Waals surface area contributed by atoms with E-state index in [0.717, 1.165) is 13.1 Å². The summed E-state index contributed by atoms with van der Waals surface area (Å²) >= 11 is 0. The molecule has 0 amide bonds. The molecule has 0 fully saturated rings. The number of rotatable bonds is 12. The predicted molar refractivity (Wildman–Crippen MR) is 77.9 cm³/mol. The van der Waals surface area contributed by atoms with E-state index in [4.69, 9.17) is 9.05 Å². The molecule has 0 aromatic rings. The normalized spacial score (nSPS) is 12.9. The Morgan fingerprint density at radius 3 is 2.06 bits per heavy atom. The molecule has 0 spiro atoms. The van der Waals surface area contributed by atoms with Gasteiger partial charge in [0.1, 0.15) is 0 Å². The van der Waals surface area contributed by atoms with Gasteiger partial charge in [-0.25, -0.2) is 0 Å². The first-order valence-corrected chi connectivity index (χ1v) is 7.69. The number of nitrogens with zero attached hydrogens (tertiary/aromatic N) is 1. The Kier molecular flexibility index (Phi) is 11.7. The molecule has 0 radical (unpaired) electrons. The van der Waals surface area contributed by atoms with Crippen LogP contribution in [0.15, 0.2) is 25.3 Å². The van der Waals surface area contributed by atoms with E-state index in [1.165, 1.54) is 0 Å². The Hall–Kier alpha value is -0.250. The van der Waals surface area contributed by atoms with Crippen molar-refractivity contribution >= 4 is 8.38 Å². The molecular weight excluding hydrogens is 249 g/mol. The molecule has 0 aliphatic carbocycles. The Balaban J connectivity index is 4.12. The molecule has 0 bridgehead atoms. The lowest BCUT2D eigenvalue weighted by atomic mass is 10.3. The minimum absolute atomic E-state index is 0.450. The van der Waals surface area contributed by atoms with Gasteiger partial charge in [0.05, 0.1) is 19.3 Å². The molecule has 1 N–H and O–H groups in total. The third-order valence-corrected chi connectivity index (χ3v) is 3.96. The van der Waals surface area contributed by atoms with Crippen molar-refractivity contribution in [1.82, 2.24) is 4.90 Å². The molecule has 106 valence electrons. The van der Waals surface area contributed by atoms with Gasteiger partial charge in [0, 0.05) is 25.8 Å². The first kappa shape index (κ1) is 17.8. The van der Waals surface area contributed by atoms with E-state index >= 15 is 0 Å². The molecule has 0 aliphatic heterocycles. The molecule has 4 nitrogen and oxygen atoms in total. The van der Waals surface area contributed by atoms with E-state index in [1.807, 2.05) is 26.0 Å². The Bertz CT molecular complexity index is 210. The molecule has 0 saturated heterocycles. The van der Waals surface area contributed by atoms with Crippen LogP contribution in [-0.2, 0) is 9.05 Å². The van der Waals surface area contributed by atoms with E-state index in [1.54, 1.807) is 0 Å². The Labute approximate surface area is 112 Å². The summed E-state index contributed by atoms with van der Waals surface area (Å²) in [4.78, 5) is 2.08. The molecule has 0 aliphatic rings. The molecule has 0 saturated carbocycles. The third-order valence-electron chi connectivity index (χ3n) is 2.15. The summed E-state index contributed by atoms with van der Waals surface area (Å²) in [6.45, 7) is 14.6. The topological polar surface area (TPSA) is 41.9 Å². The molecule has 1 unspecified atom stereocenters. The molecular formula is C13H26NO3P. The van der Waals surface area contributed by atoms with Crippen LogP contribution in [0.25, 0.3) is 0 Å². The number of aliphatic hydroxyl groups excluding tert-OH is 1. The summed E-state index contributed by atoms with van der Waals surface area (Å²) in [7, 11) is -0.978. The van der Waals surface area contributed by atoms with Crippen LogP contribution in [0.3, 0.4) is 0 Å². The van der Waals surface area contributed by atoms with Gasteiger partial charge in [-0.2, -0.15) is 0 Å². The monoisotopic (exact) mass is 275 g/mol. The van der Waals surface area contributed by atoms with Gasteiger partial charge in [0.2, 0.25) is 0 Å². The molecule has 5 heteroatoms.